The third-order valence-electron chi connectivity index (χ3n) is 1.77. The van der Waals surface area contributed by atoms with Gasteiger partial charge >= 0.3 is 0 Å². The summed E-state index contributed by atoms with van der Waals surface area (Å²) in [5.74, 6) is 0. The number of hydrogen-bond donors (Lipinski definition) is 0. The smallest absolute Gasteiger partial charge is 0.239 e. The van der Waals surface area contributed by atoms with E-state index < -0.39 is 6.43 Å². The van der Waals surface area contributed by atoms with Crippen molar-refractivity contribution in [2.24, 2.45) is 0 Å². The van der Waals surface area contributed by atoms with Gasteiger partial charge in [0, 0.05) is 19.0 Å². The number of rotatable bonds is 5. The molecule has 0 aliphatic carbocycles. The van der Waals surface area contributed by atoms with Crippen molar-refractivity contribution in [2.45, 2.75) is 39.7 Å². The maximum absolute atomic E-state index is 11.8. The van der Waals surface area contributed by atoms with Crippen LogP contribution in [0.4, 0.5) is 8.78 Å². The average Bonchev–Trinajstić information content (AvgIpc) is 1.87. The van der Waals surface area contributed by atoms with E-state index in [1.165, 1.54) is 0 Å². The highest BCUT2D eigenvalue weighted by Gasteiger charge is 2.09. The number of hydrogen-bond acceptors (Lipinski definition) is 1. The van der Waals surface area contributed by atoms with E-state index in [0.717, 1.165) is 6.54 Å². The van der Waals surface area contributed by atoms with Crippen molar-refractivity contribution < 1.29 is 8.78 Å². The minimum atomic E-state index is -2.16. The fourth-order valence-corrected chi connectivity index (χ4v) is 1.04. The first-order valence-corrected chi connectivity index (χ1v) is 4.10. The molecule has 1 nitrogen and oxygen atoms in total. The molecule has 0 heterocycles. The largest absolute Gasteiger partial charge is 0.301 e. The van der Waals surface area contributed by atoms with Gasteiger partial charge in [0.05, 0.1) is 0 Å². The zero-order chi connectivity index (χ0) is 8.85. The Morgan fingerprint density at radius 1 is 1.27 bits per heavy atom. The zero-order valence-corrected chi connectivity index (χ0v) is 7.48. The number of halogens is 2. The van der Waals surface area contributed by atoms with Gasteiger partial charge in [0.2, 0.25) is 6.43 Å². The lowest BCUT2D eigenvalue weighted by Gasteiger charge is -2.24. The normalized spacial score (nSPS) is 12.0. The van der Waals surface area contributed by atoms with Crippen molar-refractivity contribution in [1.82, 2.24) is 4.90 Å². The Bertz CT molecular complexity index is 94.1. The maximum Gasteiger partial charge on any atom is 0.239 e. The summed E-state index contributed by atoms with van der Waals surface area (Å²) in [4.78, 5) is 2.03. The highest BCUT2D eigenvalue weighted by molar-refractivity contribution is 4.60. The molecule has 11 heavy (non-hydrogen) atoms. The molecule has 0 unspecified atom stereocenters. The van der Waals surface area contributed by atoms with E-state index in [4.69, 9.17) is 0 Å². The van der Waals surface area contributed by atoms with Crippen LogP contribution in [0.15, 0.2) is 0 Å². The van der Waals surface area contributed by atoms with Gasteiger partial charge in [-0.2, -0.15) is 0 Å². The summed E-state index contributed by atoms with van der Waals surface area (Å²) in [7, 11) is 0. The van der Waals surface area contributed by atoms with Gasteiger partial charge in [-0.25, -0.2) is 8.78 Å². The molecule has 3 heteroatoms. The lowest BCUT2D eigenvalue weighted by molar-refractivity contribution is 0.109. The first kappa shape index (κ1) is 10.8. The highest BCUT2D eigenvalue weighted by atomic mass is 19.3. The van der Waals surface area contributed by atoms with Crippen LogP contribution in [0.3, 0.4) is 0 Å². The summed E-state index contributed by atoms with van der Waals surface area (Å²) >= 11 is 0. The van der Waals surface area contributed by atoms with E-state index in [-0.39, 0.29) is 6.42 Å². The van der Waals surface area contributed by atoms with Crippen LogP contribution in [0.1, 0.15) is 27.2 Å². The summed E-state index contributed by atoms with van der Waals surface area (Å²) in [5.41, 5.74) is 0. The summed E-state index contributed by atoms with van der Waals surface area (Å²) in [5, 5.41) is 0. The summed E-state index contributed by atoms with van der Waals surface area (Å²) in [6, 6.07) is 0.374. The first-order chi connectivity index (χ1) is 5.07. The second-order valence-corrected chi connectivity index (χ2v) is 2.90. The summed E-state index contributed by atoms with van der Waals surface area (Å²) < 4.78 is 23.5. The molecule has 0 aromatic carbocycles. The van der Waals surface area contributed by atoms with Crippen molar-refractivity contribution in [3.05, 3.63) is 0 Å². The van der Waals surface area contributed by atoms with Crippen LogP contribution < -0.4 is 0 Å². The van der Waals surface area contributed by atoms with E-state index in [0.29, 0.717) is 12.6 Å². The predicted octanol–water partition coefficient (Wildman–Crippen LogP) is 2.37. The fourth-order valence-electron chi connectivity index (χ4n) is 1.04. The highest BCUT2D eigenvalue weighted by Crippen LogP contribution is 2.04. The van der Waals surface area contributed by atoms with Gasteiger partial charge in [0.1, 0.15) is 0 Å². The molecule has 0 spiro atoms. The Hall–Kier alpha value is -0.180. The van der Waals surface area contributed by atoms with Crippen molar-refractivity contribution in [3.63, 3.8) is 0 Å². The third-order valence-corrected chi connectivity index (χ3v) is 1.77. The molecule has 0 rings (SSSR count). The lowest BCUT2D eigenvalue weighted by Crippen LogP contribution is -2.32. The molecule has 0 radical (unpaired) electrons. The standard InChI is InChI=1S/C8H17F2N/c1-4-11(7(2)3)6-5-8(9)10/h7-8H,4-6H2,1-3H3. The van der Waals surface area contributed by atoms with Gasteiger partial charge in [0.15, 0.2) is 0 Å². The van der Waals surface area contributed by atoms with Gasteiger partial charge in [0.25, 0.3) is 0 Å². The molecule has 0 saturated carbocycles. The van der Waals surface area contributed by atoms with Crippen molar-refractivity contribution >= 4 is 0 Å². The van der Waals surface area contributed by atoms with Crippen LogP contribution in [-0.4, -0.2) is 30.5 Å². The molecular weight excluding hydrogens is 148 g/mol. The Kier molecular flexibility index (Phi) is 5.38. The van der Waals surface area contributed by atoms with Crippen LogP contribution in [0, 0.1) is 0 Å². The minimum absolute atomic E-state index is 0.00792. The Balaban J connectivity index is 3.52. The topological polar surface area (TPSA) is 3.24 Å². The van der Waals surface area contributed by atoms with Gasteiger partial charge in [-0.3, -0.25) is 0 Å². The Morgan fingerprint density at radius 2 is 1.82 bits per heavy atom. The SMILES string of the molecule is CCN(CCC(F)F)C(C)C. The molecule has 0 bridgehead atoms. The molecule has 0 fully saturated rings. The van der Waals surface area contributed by atoms with Crippen LogP contribution in [-0.2, 0) is 0 Å². The van der Waals surface area contributed by atoms with Gasteiger partial charge in [-0.15, -0.1) is 0 Å². The first-order valence-electron chi connectivity index (χ1n) is 4.10. The summed E-state index contributed by atoms with van der Waals surface area (Å²) in [6.07, 6.45) is -2.17. The van der Waals surface area contributed by atoms with Gasteiger partial charge in [-0.05, 0) is 20.4 Å². The van der Waals surface area contributed by atoms with Crippen LogP contribution in [0.5, 0.6) is 0 Å². The quantitative estimate of drug-likeness (QED) is 0.604. The fraction of sp³-hybridized carbons (Fsp3) is 1.00. The van der Waals surface area contributed by atoms with E-state index in [1.54, 1.807) is 0 Å². The Labute approximate surface area is 67.4 Å². The molecule has 0 N–H and O–H groups in total. The van der Waals surface area contributed by atoms with Crippen LogP contribution in [0.2, 0.25) is 0 Å². The van der Waals surface area contributed by atoms with Gasteiger partial charge in [-0.1, -0.05) is 6.92 Å². The number of alkyl halides is 2. The molecule has 0 atom stereocenters. The predicted molar refractivity (Wildman–Crippen MR) is 43.0 cm³/mol. The van der Waals surface area contributed by atoms with E-state index in [1.807, 2.05) is 25.7 Å². The van der Waals surface area contributed by atoms with E-state index >= 15 is 0 Å². The molecule has 68 valence electrons. The molecule has 0 saturated heterocycles. The zero-order valence-electron chi connectivity index (χ0n) is 7.48. The molecule has 0 aliphatic rings. The second-order valence-electron chi connectivity index (χ2n) is 2.90. The van der Waals surface area contributed by atoms with Crippen molar-refractivity contribution in [3.8, 4) is 0 Å². The lowest BCUT2D eigenvalue weighted by atomic mass is 10.3. The number of nitrogens with zero attached hydrogens (tertiary/aromatic N) is 1. The molecule has 0 aromatic heterocycles. The van der Waals surface area contributed by atoms with Crippen LogP contribution >= 0.6 is 0 Å². The summed E-state index contributed by atoms with van der Waals surface area (Å²) in [6.45, 7) is 7.39. The van der Waals surface area contributed by atoms with Crippen molar-refractivity contribution in [2.75, 3.05) is 13.1 Å². The maximum atomic E-state index is 11.8. The second kappa shape index (κ2) is 5.47. The van der Waals surface area contributed by atoms with Crippen molar-refractivity contribution in [1.29, 1.82) is 0 Å². The molecule has 0 aliphatic heterocycles. The molecule has 0 amide bonds. The third kappa shape index (κ3) is 5.13. The molecular formula is C8H17F2N. The molecule has 0 aromatic rings. The Morgan fingerprint density at radius 3 is 2.09 bits per heavy atom. The minimum Gasteiger partial charge on any atom is -0.301 e. The monoisotopic (exact) mass is 165 g/mol. The average molecular weight is 165 g/mol. The van der Waals surface area contributed by atoms with Crippen LogP contribution in [0.25, 0.3) is 0 Å². The van der Waals surface area contributed by atoms with E-state index in [2.05, 4.69) is 0 Å². The van der Waals surface area contributed by atoms with Gasteiger partial charge < -0.3 is 4.90 Å². The van der Waals surface area contributed by atoms with E-state index in [9.17, 15) is 8.78 Å².